The molecule has 1 aliphatic rings. The summed E-state index contributed by atoms with van der Waals surface area (Å²) in [6.45, 7) is 6.38. The maximum Gasteiger partial charge on any atom is 0.0575 e. The number of rotatable bonds is 6. The molecule has 1 saturated carbocycles. The molecule has 15 heavy (non-hydrogen) atoms. The fraction of sp³-hybridized carbons (Fsp3) is 1.00. The van der Waals surface area contributed by atoms with E-state index in [2.05, 4.69) is 19.2 Å². The molecular weight excluding hydrogens is 186 g/mol. The predicted molar refractivity (Wildman–Crippen MR) is 65.2 cm³/mol. The van der Waals surface area contributed by atoms with Gasteiger partial charge >= 0.3 is 0 Å². The Morgan fingerprint density at radius 1 is 1.20 bits per heavy atom. The molecule has 2 heteroatoms. The second-order valence-electron chi connectivity index (χ2n) is 4.73. The summed E-state index contributed by atoms with van der Waals surface area (Å²) < 4.78 is 5.94. The molecule has 1 aliphatic carbocycles. The smallest absolute Gasteiger partial charge is 0.0575 e. The molecule has 1 atom stereocenters. The van der Waals surface area contributed by atoms with E-state index in [4.69, 9.17) is 4.74 Å². The van der Waals surface area contributed by atoms with Crippen LogP contribution in [-0.2, 0) is 4.74 Å². The Bertz CT molecular complexity index is 141. The minimum Gasteiger partial charge on any atom is -0.378 e. The van der Waals surface area contributed by atoms with Gasteiger partial charge < -0.3 is 10.1 Å². The maximum absolute atomic E-state index is 5.94. The van der Waals surface area contributed by atoms with Crippen molar-refractivity contribution < 1.29 is 4.74 Å². The van der Waals surface area contributed by atoms with Crippen molar-refractivity contribution in [2.45, 2.75) is 70.9 Å². The summed E-state index contributed by atoms with van der Waals surface area (Å²) in [5, 5.41) is 3.42. The van der Waals surface area contributed by atoms with E-state index in [1.807, 2.05) is 0 Å². The lowest BCUT2D eigenvalue weighted by atomic mass is 10.1. The van der Waals surface area contributed by atoms with E-state index in [1.54, 1.807) is 0 Å². The van der Waals surface area contributed by atoms with Crippen molar-refractivity contribution in [2.24, 2.45) is 0 Å². The standard InChI is InChI=1S/C13H27NO/c1-3-14-12(2)10-11-15-13-8-6-4-5-7-9-13/h12-14H,3-11H2,1-2H3. The minimum atomic E-state index is 0.557. The van der Waals surface area contributed by atoms with Crippen LogP contribution in [0.15, 0.2) is 0 Å². The van der Waals surface area contributed by atoms with Crippen molar-refractivity contribution in [3.05, 3.63) is 0 Å². The van der Waals surface area contributed by atoms with Gasteiger partial charge in [-0.15, -0.1) is 0 Å². The molecule has 0 aromatic carbocycles. The van der Waals surface area contributed by atoms with E-state index < -0.39 is 0 Å². The molecular formula is C13H27NO. The Morgan fingerprint density at radius 3 is 2.47 bits per heavy atom. The van der Waals surface area contributed by atoms with E-state index >= 15 is 0 Å². The van der Waals surface area contributed by atoms with E-state index in [0.29, 0.717) is 12.1 Å². The largest absolute Gasteiger partial charge is 0.378 e. The second-order valence-corrected chi connectivity index (χ2v) is 4.73. The van der Waals surface area contributed by atoms with Crippen LogP contribution in [0.5, 0.6) is 0 Å². The molecule has 1 rings (SSSR count). The topological polar surface area (TPSA) is 21.3 Å². The van der Waals surface area contributed by atoms with Crippen LogP contribution in [0.25, 0.3) is 0 Å². The number of hydrogen-bond acceptors (Lipinski definition) is 2. The zero-order valence-electron chi connectivity index (χ0n) is 10.4. The Labute approximate surface area is 94.8 Å². The zero-order valence-corrected chi connectivity index (χ0v) is 10.4. The highest BCUT2D eigenvalue weighted by atomic mass is 16.5. The van der Waals surface area contributed by atoms with Gasteiger partial charge in [-0.1, -0.05) is 32.6 Å². The van der Waals surface area contributed by atoms with Crippen LogP contribution in [0.4, 0.5) is 0 Å². The van der Waals surface area contributed by atoms with Crippen molar-refractivity contribution in [3.63, 3.8) is 0 Å². The fourth-order valence-electron chi connectivity index (χ4n) is 2.27. The van der Waals surface area contributed by atoms with E-state index in [0.717, 1.165) is 19.6 Å². The van der Waals surface area contributed by atoms with Gasteiger partial charge in [-0.2, -0.15) is 0 Å². The number of nitrogens with one attached hydrogen (secondary N) is 1. The molecule has 1 unspecified atom stereocenters. The fourth-order valence-corrected chi connectivity index (χ4v) is 2.27. The third kappa shape index (κ3) is 6.16. The molecule has 0 radical (unpaired) electrons. The average Bonchev–Trinajstić information content (AvgIpc) is 2.47. The van der Waals surface area contributed by atoms with E-state index in [9.17, 15) is 0 Å². The van der Waals surface area contributed by atoms with Crippen LogP contribution in [-0.4, -0.2) is 25.3 Å². The van der Waals surface area contributed by atoms with Gasteiger partial charge in [-0.3, -0.25) is 0 Å². The predicted octanol–water partition coefficient (Wildman–Crippen LogP) is 3.11. The van der Waals surface area contributed by atoms with Crippen LogP contribution in [0, 0.1) is 0 Å². The van der Waals surface area contributed by atoms with Gasteiger partial charge in [-0.25, -0.2) is 0 Å². The van der Waals surface area contributed by atoms with Crippen LogP contribution in [0.1, 0.15) is 58.8 Å². The lowest BCUT2D eigenvalue weighted by molar-refractivity contribution is 0.0384. The van der Waals surface area contributed by atoms with Crippen molar-refractivity contribution in [3.8, 4) is 0 Å². The third-order valence-electron chi connectivity index (χ3n) is 3.26. The number of ether oxygens (including phenoxy) is 1. The first-order valence-corrected chi connectivity index (χ1v) is 6.68. The molecule has 0 saturated heterocycles. The van der Waals surface area contributed by atoms with E-state index in [1.165, 1.54) is 38.5 Å². The van der Waals surface area contributed by atoms with Gasteiger partial charge in [0.25, 0.3) is 0 Å². The SMILES string of the molecule is CCNC(C)CCOC1CCCCCC1. The molecule has 2 nitrogen and oxygen atoms in total. The maximum atomic E-state index is 5.94. The molecule has 0 heterocycles. The molecule has 0 aromatic rings. The normalized spacial score (nSPS) is 21.2. The minimum absolute atomic E-state index is 0.557. The summed E-state index contributed by atoms with van der Waals surface area (Å²) in [5.74, 6) is 0. The highest BCUT2D eigenvalue weighted by Gasteiger charge is 2.12. The molecule has 1 fully saturated rings. The lowest BCUT2D eigenvalue weighted by Gasteiger charge is -2.17. The molecule has 0 aliphatic heterocycles. The summed E-state index contributed by atoms with van der Waals surface area (Å²) >= 11 is 0. The first kappa shape index (κ1) is 13.0. The molecule has 0 bridgehead atoms. The average molecular weight is 213 g/mol. The highest BCUT2D eigenvalue weighted by Crippen LogP contribution is 2.19. The van der Waals surface area contributed by atoms with Crippen molar-refractivity contribution in [1.82, 2.24) is 5.32 Å². The van der Waals surface area contributed by atoms with Crippen LogP contribution >= 0.6 is 0 Å². The molecule has 0 aromatic heterocycles. The quantitative estimate of drug-likeness (QED) is 0.685. The van der Waals surface area contributed by atoms with Gasteiger partial charge in [0.1, 0.15) is 0 Å². The lowest BCUT2D eigenvalue weighted by Crippen LogP contribution is -2.27. The molecule has 90 valence electrons. The summed E-state index contributed by atoms with van der Waals surface area (Å²) in [7, 11) is 0. The van der Waals surface area contributed by atoms with Crippen molar-refractivity contribution in [1.29, 1.82) is 0 Å². The summed E-state index contributed by atoms with van der Waals surface area (Å²) in [6, 6.07) is 0.598. The summed E-state index contributed by atoms with van der Waals surface area (Å²) in [6.07, 6.45) is 9.83. The highest BCUT2D eigenvalue weighted by molar-refractivity contribution is 4.65. The summed E-state index contributed by atoms with van der Waals surface area (Å²) in [5.41, 5.74) is 0. The Balaban J connectivity index is 2.02. The molecule has 1 N–H and O–H groups in total. The van der Waals surface area contributed by atoms with Gasteiger partial charge in [-0.05, 0) is 32.7 Å². The Hall–Kier alpha value is -0.0800. The van der Waals surface area contributed by atoms with Crippen LogP contribution in [0.2, 0.25) is 0 Å². The third-order valence-corrected chi connectivity index (χ3v) is 3.26. The van der Waals surface area contributed by atoms with Gasteiger partial charge in [0.05, 0.1) is 6.10 Å². The summed E-state index contributed by atoms with van der Waals surface area (Å²) in [4.78, 5) is 0. The first-order valence-electron chi connectivity index (χ1n) is 6.68. The second kappa shape index (κ2) is 8.12. The number of hydrogen-bond donors (Lipinski definition) is 1. The van der Waals surface area contributed by atoms with Gasteiger partial charge in [0, 0.05) is 12.6 Å². The molecule has 0 spiro atoms. The zero-order chi connectivity index (χ0) is 10.9. The monoisotopic (exact) mass is 213 g/mol. The Morgan fingerprint density at radius 2 is 1.87 bits per heavy atom. The van der Waals surface area contributed by atoms with Gasteiger partial charge in [0.15, 0.2) is 0 Å². The Kier molecular flexibility index (Phi) is 7.03. The first-order chi connectivity index (χ1) is 7.33. The van der Waals surface area contributed by atoms with Crippen LogP contribution in [0.3, 0.4) is 0 Å². The van der Waals surface area contributed by atoms with E-state index in [-0.39, 0.29) is 0 Å². The van der Waals surface area contributed by atoms with Gasteiger partial charge in [0.2, 0.25) is 0 Å². The van der Waals surface area contributed by atoms with Crippen molar-refractivity contribution >= 4 is 0 Å². The van der Waals surface area contributed by atoms with Crippen molar-refractivity contribution in [2.75, 3.05) is 13.2 Å². The molecule has 0 amide bonds. The van der Waals surface area contributed by atoms with Crippen LogP contribution < -0.4 is 5.32 Å².